The van der Waals surface area contributed by atoms with Crippen molar-refractivity contribution in [2.75, 3.05) is 33.2 Å². The Balaban J connectivity index is 1.55. The average Bonchev–Trinajstić information content (AvgIpc) is 3.17. The molecule has 0 radical (unpaired) electrons. The maximum absolute atomic E-state index is 6.06. The fraction of sp³-hybridized carbons (Fsp3) is 0.583. The van der Waals surface area contributed by atoms with Crippen molar-refractivity contribution in [2.45, 2.75) is 59.0 Å². The largest absolute Gasteiger partial charge is 0.461 e. The van der Waals surface area contributed by atoms with Crippen LogP contribution in [0.15, 0.2) is 16.5 Å². The number of hydrogen-bond acceptors (Lipinski definition) is 3. The van der Waals surface area contributed by atoms with E-state index in [1.807, 2.05) is 0 Å². The number of likely N-dealkylation sites (tertiary alicyclic amines) is 1. The van der Waals surface area contributed by atoms with E-state index in [0.29, 0.717) is 0 Å². The molecule has 150 valence electrons. The van der Waals surface area contributed by atoms with Gasteiger partial charge in [0, 0.05) is 48.0 Å². The number of fused-ring (bicyclic) bond motifs is 5. The van der Waals surface area contributed by atoms with Crippen LogP contribution in [0.4, 0.5) is 0 Å². The molecular formula is C24H33N3O. The summed E-state index contributed by atoms with van der Waals surface area (Å²) >= 11 is 0. The Hall–Kier alpha value is -1.78. The van der Waals surface area contributed by atoms with Crippen molar-refractivity contribution in [1.29, 1.82) is 0 Å². The second kappa shape index (κ2) is 7.23. The van der Waals surface area contributed by atoms with Crippen LogP contribution in [0.25, 0.3) is 21.9 Å². The van der Waals surface area contributed by atoms with Gasteiger partial charge in [-0.2, -0.15) is 0 Å². The lowest BCUT2D eigenvalue weighted by molar-refractivity contribution is 0.222. The quantitative estimate of drug-likeness (QED) is 0.646. The van der Waals surface area contributed by atoms with Crippen molar-refractivity contribution in [2.24, 2.45) is 0 Å². The van der Waals surface area contributed by atoms with E-state index in [0.717, 1.165) is 37.4 Å². The topological polar surface area (TPSA) is 24.6 Å². The monoisotopic (exact) mass is 379 g/mol. The van der Waals surface area contributed by atoms with Gasteiger partial charge in [0.05, 0.1) is 0 Å². The summed E-state index contributed by atoms with van der Waals surface area (Å²) in [5, 5.41) is 2.79. The Labute approximate surface area is 168 Å². The normalized spacial score (nSPS) is 19.0. The van der Waals surface area contributed by atoms with E-state index in [2.05, 4.69) is 47.4 Å². The molecule has 1 fully saturated rings. The molecule has 3 aromatic rings. The van der Waals surface area contributed by atoms with Gasteiger partial charge in [-0.05, 0) is 83.1 Å². The summed E-state index contributed by atoms with van der Waals surface area (Å²) in [6.07, 6.45) is 6.57. The third-order valence-electron chi connectivity index (χ3n) is 7.04. The number of aryl methyl sites for hydroxylation is 3. The number of aromatic nitrogens is 1. The van der Waals surface area contributed by atoms with Gasteiger partial charge >= 0.3 is 0 Å². The van der Waals surface area contributed by atoms with Crippen molar-refractivity contribution in [1.82, 2.24) is 14.4 Å². The summed E-state index contributed by atoms with van der Waals surface area (Å²) in [6, 6.07) is 4.49. The number of piperidine rings is 1. The molecule has 0 N–H and O–H groups in total. The maximum Gasteiger partial charge on any atom is 0.135 e. The summed E-state index contributed by atoms with van der Waals surface area (Å²) in [6.45, 7) is 11.5. The third kappa shape index (κ3) is 2.98. The fourth-order valence-electron chi connectivity index (χ4n) is 5.42. The number of hydrogen-bond donors (Lipinski definition) is 0. The molecule has 0 aliphatic carbocycles. The van der Waals surface area contributed by atoms with Gasteiger partial charge in [0.15, 0.2) is 0 Å². The van der Waals surface area contributed by atoms with E-state index in [1.54, 1.807) is 5.69 Å². The number of nitrogens with zero attached hydrogens (tertiary/aromatic N) is 3. The van der Waals surface area contributed by atoms with Crippen molar-refractivity contribution >= 4 is 21.9 Å². The first-order chi connectivity index (χ1) is 13.6. The predicted octanol–water partition coefficient (Wildman–Crippen LogP) is 4.87. The molecule has 5 rings (SSSR count). The molecule has 4 heteroatoms. The van der Waals surface area contributed by atoms with Gasteiger partial charge in [-0.25, -0.2) is 0 Å². The van der Waals surface area contributed by atoms with E-state index in [9.17, 15) is 0 Å². The lowest BCUT2D eigenvalue weighted by Crippen LogP contribution is -2.31. The van der Waals surface area contributed by atoms with Crippen LogP contribution in [0.3, 0.4) is 0 Å². The fourth-order valence-corrected chi connectivity index (χ4v) is 5.42. The van der Waals surface area contributed by atoms with E-state index in [1.165, 1.54) is 72.7 Å². The van der Waals surface area contributed by atoms with E-state index < -0.39 is 0 Å². The number of likely N-dealkylation sites (N-methyl/N-ethyl adjacent to an activating group) is 1. The molecule has 2 aliphatic rings. The SMILES string of the molecule is Cc1oc2ccc3c(c4c(n3CCCN3CCCCC3)CCN(C)C4)c2c1C. The molecule has 4 heterocycles. The zero-order chi connectivity index (χ0) is 19.3. The van der Waals surface area contributed by atoms with Crippen LogP contribution < -0.4 is 0 Å². The summed E-state index contributed by atoms with van der Waals surface area (Å²) < 4.78 is 8.71. The zero-order valence-electron chi connectivity index (χ0n) is 17.7. The van der Waals surface area contributed by atoms with Crippen molar-refractivity contribution in [3.8, 4) is 0 Å². The molecule has 0 spiro atoms. The predicted molar refractivity (Wildman–Crippen MR) is 116 cm³/mol. The molecule has 0 atom stereocenters. The van der Waals surface area contributed by atoms with Crippen molar-refractivity contribution in [3.63, 3.8) is 0 Å². The molecule has 0 amide bonds. The molecule has 0 bridgehead atoms. The molecule has 4 nitrogen and oxygen atoms in total. The van der Waals surface area contributed by atoms with Crippen LogP contribution in [-0.2, 0) is 19.5 Å². The first kappa shape index (κ1) is 18.3. The van der Waals surface area contributed by atoms with Crippen LogP contribution in [0.1, 0.15) is 48.3 Å². The Bertz CT molecular complexity index is 1010. The summed E-state index contributed by atoms with van der Waals surface area (Å²) in [4.78, 5) is 5.12. The van der Waals surface area contributed by atoms with E-state index in [-0.39, 0.29) is 0 Å². The maximum atomic E-state index is 6.06. The number of benzene rings is 1. The number of furan rings is 1. The molecule has 0 unspecified atom stereocenters. The van der Waals surface area contributed by atoms with E-state index >= 15 is 0 Å². The van der Waals surface area contributed by atoms with Gasteiger partial charge in [0.1, 0.15) is 11.3 Å². The lowest BCUT2D eigenvalue weighted by atomic mass is 10.0. The Kier molecular flexibility index (Phi) is 4.72. The highest BCUT2D eigenvalue weighted by atomic mass is 16.3. The van der Waals surface area contributed by atoms with Gasteiger partial charge in [0.2, 0.25) is 0 Å². The molecule has 2 aliphatic heterocycles. The minimum atomic E-state index is 1.05. The van der Waals surface area contributed by atoms with Gasteiger partial charge in [-0.1, -0.05) is 6.42 Å². The van der Waals surface area contributed by atoms with Crippen LogP contribution in [0.5, 0.6) is 0 Å². The number of rotatable bonds is 4. The molecule has 0 saturated carbocycles. The minimum absolute atomic E-state index is 1.05. The van der Waals surface area contributed by atoms with Crippen molar-refractivity contribution < 1.29 is 4.42 Å². The summed E-state index contributed by atoms with van der Waals surface area (Å²) in [5.74, 6) is 1.05. The Morgan fingerprint density at radius 1 is 0.964 bits per heavy atom. The molecule has 28 heavy (non-hydrogen) atoms. The van der Waals surface area contributed by atoms with Gasteiger partial charge < -0.3 is 18.8 Å². The lowest BCUT2D eigenvalue weighted by Gasteiger charge is -2.27. The standard InChI is InChI=1S/C24H33N3O/c1-17-18(2)28-22-9-8-21-24(23(17)22)19-16-25(3)15-10-20(19)27(21)14-7-13-26-11-5-4-6-12-26/h8-9H,4-7,10-16H2,1-3H3. The van der Waals surface area contributed by atoms with Crippen LogP contribution in [0.2, 0.25) is 0 Å². The van der Waals surface area contributed by atoms with Gasteiger partial charge in [-0.15, -0.1) is 0 Å². The average molecular weight is 380 g/mol. The second-order valence-corrected chi connectivity index (χ2v) is 8.94. The van der Waals surface area contributed by atoms with E-state index in [4.69, 9.17) is 4.42 Å². The highest BCUT2D eigenvalue weighted by molar-refractivity contribution is 6.09. The summed E-state index contributed by atoms with van der Waals surface area (Å²) in [5.41, 5.74) is 6.87. The van der Waals surface area contributed by atoms with Crippen LogP contribution in [0, 0.1) is 13.8 Å². The molecular weight excluding hydrogens is 346 g/mol. The molecule has 2 aromatic heterocycles. The highest BCUT2D eigenvalue weighted by Gasteiger charge is 2.25. The third-order valence-corrected chi connectivity index (χ3v) is 7.04. The highest BCUT2D eigenvalue weighted by Crippen LogP contribution is 2.39. The zero-order valence-corrected chi connectivity index (χ0v) is 17.7. The van der Waals surface area contributed by atoms with Gasteiger partial charge in [-0.3, -0.25) is 0 Å². The minimum Gasteiger partial charge on any atom is -0.461 e. The first-order valence-corrected chi connectivity index (χ1v) is 11.1. The van der Waals surface area contributed by atoms with Crippen molar-refractivity contribution in [3.05, 3.63) is 34.7 Å². The van der Waals surface area contributed by atoms with Crippen LogP contribution >= 0.6 is 0 Å². The van der Waals surface area contributed by atoms with Gasteiger partial charge in [0.25, 0.3) is 0 Å². The molecule has 1 aromatic carbocycles. The Morgan fingerprint density at radius 3 is 2.61 bits per heavy atom. The van der Waals surface area contributed by atoms with Crippen LogP contribution in [-0.4, -0.2) is 47.6 Å². The Morgan fingerprint density at radius 2 is 1.79 bits per heavy atom. The molecule has 1 saturated heterocycles. The smallest absolute Gasteiger partial charge is 0.135 e. The first-order valence-electron chi connectivity index (χ1n) is 11.1. The second-order valence-electron chi connectivity index (χ2n) is 8.94. The summed E-state index contributed by atoms with van der Waals surface area (Å²) in [7, 11) is 2.25.